The molecule has 68 heavy (non-hydrogen) atoms. The summed E-state index contributed by atoms with van der Waals surface area (Å²) in [6, 6.07) is 0. The van der Waals surface area contributed by atoms with Crippen molar-refractivity contribution in [1.82, 2.24) is 0 Å². The van der Waals surface area contributed by atoms with Gasteiger partial charge in [0.25, 0.3) is 6.29 Å². The Kier molecular flexibility index (Phi) is 47.3. The van der Waals surface area contributed by atoms with Crippen LogP contribution in [0.15, 0.2) is 85.1 Å². The Morgan fingerprint density at radius 2 is 0.838 bits per heavy atom. The molecule has 0 amide bonds. The van der Waals surface area contributed by atoms with Gasteiger partial charge < -0.3 is 28.5 Å². The molecule has 0 aliphatic rings. The smallest absolute Gasteiger partial charge is 0.361 e. The molecule has 390 valence electrons. The molecule has 1 N–H and O–H groups in total. The first-order chi connectivity index (χ1) is 33.1. The number of ether oxygens (including phenoxy) is 4. The predicted molar refractivity (Wildman–Crippen MR) is 286 cm³/mol. The number of carbonyl (C=O) groups excluding carboxylic acids is 2. The van der Waals surface area contributed by atoms with Crippen LogP contribution in [0.5, 0.6) is 0 Å². The molecule has 0 aromatic rings. The molecule has 0 aromatic heterocycles. The summed E-state index contributed by atoms with van der Waals surface area (Å²) in [6.07, 6.45) is 62.4. The number of allylic oxidation sites excluding steroid dienone is 14. The topological polar surface area (TPSA) is 108 Å². The van der Waals surface area contributed by atoms with Gasteiger partial charge in [-0.3, -0.25) is 9.59 Å². The maximum absolute atomic E-state index is 12.8. The summed E-state index contributed by atoms with van der Waals surface area (Å²) in [5.41, 5.74) is 0. The molecule has 0 radical (unpaired) electrons. The van der Waals surface area contributed by atoms with Crippen LogP contribution in [0.2, 0.25) is 0 Å². The molecule has 9 nitrogen and oxygen atoms in total. The highest BCUT2D eigenvalue weighted by Gasteiger charge is 2.25. The molecule has 0 bridgehead atoms. The number of hydrogen-bond donors (Lipinski definition) is 1. The highest BCUT2D eigenvalue weighted by molar-refractivity contribution is 5.71. The molecule has 0 fully saturated rings. The molecule has 2 atom stereocenters. The second-order valence-electron chi connectivity index (χ2n) is 19.2. The molecular weight excluding hydrogens is 851 g/mol. The van der Waals surface area contributed by atoms with Gasteiger partial charge in [0.05, 0.1) is 34.4 Å². The number of rotatable bonds is 49. The van der Waals surface area contributed by atoms with Crippen molar-refractivity contribution in [2.24, 2.45) is 0 Å². The maximum atomic E-state index is 12.8. The minimum absolute atomic E-state index is 0.184. The third-order valence-corrected chi connectivity index (χ3v) is 11.4. The fraction of sp³-hybridized carbons (Fsp3) is 0.712. The molecular formula is C59H102NO8+. The molecule has 0 aromatic carbocycles. The number of aliphatic carboxylic acids is 1. The van der Waals surface area contributed by atoms with Crippen LogP contribution < -0.4 is 0 Å². The van der Waals surface area contributed by atoms with Crippen molar-refractivity contribution in [1.29, 1.82) is 0 Å². The lowest BCUT2D eigenvalue weighted by atomic mass is 10.0. The molecule has 0 heterocycles. The third-order valence-electron chi connectivity index (χ3n) is 11.4. The van der Waals surface area contributed by atoms with Crippen molar-refractivity contribution in [3.63, 3.8) is 0 Å². The molecule has 9 heteroatoms. The van der Waals surface area contributed by atoms with Crippen molar-refractivity contribution in [3.05, 3.63) is 85.1 Å². The average Bonchev–Trinajstić information content (AvgIpc) is 3.30. The van der Waals surface area contributed by atoms with Gasteiger partial charge in [0, 0.05) is 12.8 Å². The normalized spacial score (nSPS) is 13.5. The van der Waals surface area contributed by atoms with E-state index < -0.39 is 24.3 Å². The van der Waals surface area contributed by atoms with Gasteiger partial charge in [-0.15, -0.1) is 0 Å². The zero-order valence-electron chi connectivity index (χ0n) is 44.2. The Morgan fingerprint density at radius 3 is 1.25 bits per heavy atom. The first kappa shape index (κ1) is 64.5. The van der Waals surface area contributed by atoms with E-state index in [2.05, 4.69) is 98.9 Å². The van der Waals surface area contributed by atoms with Gasteiger partial charge in [-0.1, -0.05) is 214 Å². The lowest BCUT2D eigenvalue weighted by molar-refractivity contribution is -0.870. The van der Waals surface area contributed by atoms with Gasteiger partial charge in [-0.2, -0.15) is 0 Å². The van der Waals surface area contributed by atoms with Gasteiger partial charge in [0.2, 0.25) is 0 Å². The number of esters is 2. The Labute approximate surface area is 417 Å². The Hall–Kier alpha value is -3.53. The number of likely N-dealkylation sites (N-methyl/N-ethyl adjacent to an activating group) is 1. The van der Waals surface area contributed by atoms with Crippen molar-refractivity contribution in [2.45, 2.75) is 225 Å². The van der Waals surface area contributed by atoms with Gasteiger partial charge in [0.1, 0.15) is 13.2 Å². The first-order valence-electron chi connectivity index (χ1n) is 27.3. The fourth-order valence-electron chi connectivity index (χ4n) is 7.23. The van der Waals surface area contributed by atoms with Crippen molar-refractivity contribution >= 4 is 17.9 Å². The molecule has 0 saturated heterocycles. The lowest BCUT2D eigenvalue weighted by Gasteiger charge is -2.25. The predicted octanol–water partition coefficient (Wildman–Crippen LogP) is 15.6. The summed E-state index contributed by atoms with van der Waals surface area (Å²) in [4.78, 5) is 37.2. The number of nitrogens with zero attached hydrogens (tertiary/aromatic N) is 1. The van der Waals surface area contributed by atoms with Gasteiger partial charge in [-0.05, 0) is 70.6 Å². The van der Waals surface area contributed by atoms with E-state index >= 15 is 0 Å². The highest BCUT2D eigenvalue weighted by atomic mass is 16.7. The first-order valence-corrected chi connectivity index (χ1v) is 27.3. The maximum Gasteiger partial charge on any atom is 0.361 e. The van der Waals surface area contributed by atoms with Gasteiger partial charge >= 0.3 is 17.9 Å². The van der Waals surface area contributed by atoms with Crippen molar-refractivity contribution in [3.8, 4) is 0 Å². The number of quaternary nitrogens is 1. The zero-order chi connectivity index (χ0) is 49.9. The highest BCUT2D eigenvalue weighted by Crippen LogP contribution is 2.15. The molecule has 0 spiro atoms. The standard InChI is InChI=1S/C59H101NO8/c1-6-8-10-12-14-16-18-19-20-21-22-23-24-25-26-27-28-29-30-31-32-33-34-35-36-37-38-39-40-42-44-46-48-50-57(62)68-55(54-67-59(58(63)64)65-52-51-60(3,4)5)53-66-56(61)49-47-45-43-41-17-15-13-11-9-7-2/h8,10,14,16,19-20,22-23,25-26,28-29,31-32,55,59H,6-7,9,11-13,15,17-18,21,24,27,30,33-54H2,1-5H3/p+1/b10-8-,16-14-,20-19-,23-22-,26-25-,29-28-,32-31-. The molecule has 0 rings (SSSR count). The summed E-state index contributed by atoms with van der Waals surface area (Å²) in [5, 5.41) is 9.66. The van der Waals surface area contributed by atoms with E-state index in [0.29, 0.717) is 23.9 Å². The summed E-state index contributed by atoms with van der Waals surface area (Å²) in [6.45, 7) is 4.73. The molecule has 0 aliphatic heterocycles. The second-order valence-corrected chi connectivity index (χ2v) is 19.2. The van der Waals surface area contributed by atoms with Crippen LogP contribution in [0.3, 0.4) is 0 Å². The average molecular weight is 953 g/mol. The van der Waals surface area contributed by atoms with Crippen LogP contribution in [-0.4, -0.2) is 87.4 Å². The van der Waals surface area contributed by atoms with E-state index in [9.17, 15) is 19.5 Å². The van der Waals surface area contributed by atoms with Crippen LogP contribution in [0, 0.1) is 0 Å². The van der Waals surface area contributed by atoms with E-state index in [1.807, 2.05) is 21.1 Å². The molecule has 2 unspecified atom stereocenters. The van der Waals surface area contributed by atoms with Crippen LogP contribution in [0.1, 0.15) is 213 Å². The van der Waals surface area contributed by atoms with Crippen LogP contribution >= 0.6 is 0 Å². The number of unbranched alkanes of at least 4 members (excludes halogenated alkanes) is 20. The van der Waals surface area contributed by atoms with Crippen LogP contribution in [0.4, 0.5) is 0 Å². The van der Waals surface area contributed by atoms with Crippen LogP contribution in [0.25, 0.3) is 0 Å². The Bertz CT molecular complexity index is 1390. The summed E-state index contributed by atoms with van der Waals surface area (Å²) in [5.74, 6) is -2.01. The monoisotopic (exact) mass is 953 g/mol. The summed E-state index contributed by atoms with van der Waals surface area (Å²) < 4.78 is 22.8. The summed E-state index contributed by atoms with van der Waals surface area (Å²) in [7, 11) is 5.95. The minimum Gasteiger partial charge on any atom is -0.477 e. The van der Waals surface area contributed by atoms with Crippen molar-refractivity contribution in [2.75, 3.05) is 47.5 Å². The number of carbonyl (C=O) groups is 3. The van der Waals surface area contributed by atoms with E-state index in [1.54, 1.807) is 0 Å². The molecule has 0 saturated carbocycles. The Balaban J connectivity index is 4.15. The fourth-order valence-corrected chi connectivity index (χ4v) is 7.23. The Morgan fingerprint density at radius 1 is 0.456 bits per heavy atom. The van der Waals surface area contributed by atoms with Gasteiger partial charge in [0.15, 0.2) is 6.10 Å². The number of carboxylic acid groups (broad SMARTS) is 1. The largest absolute Gasteiger partial charge is 0.477 e. The number of hydrogen-bond acceptors (Lipinski definition) is 7. The zero-order valence-corrected chi connectivity index (χ0v) is 44.2. The third kappa shape index (κ3) is 50.3. The summed E-state index contributed by atoms with van der Waals surface area (Å²) >= 11 is 0. The SMILES string of the molecule is CC/C=C\C/C=C\C/C=C\C/C=C\C/C=C\C/C=C\C/C=C\CCCCCCCCCCCCCC(=O)OC(COC(=O)CCCCCCCCCCCC)COC(OCC[N+](C)(C)C)C(=O)O. The van der Waals surface area contributed by atoms with E-state index in [-0.39, 0.29) is 32.2 Å². The quantitative estimate of drug-likeness (QED) is 0.0211. The van der Waals surface area contributed by atoms with Crippen LogP contribution in [-0.2, 0) is 33.3 Å². The lowest BCUT2D eigenvalue weighted by Crippen LogP contribution is -2.40. The van der Waals surface area contributed by atoms with E-state index in [4.69, 9.17) is 18.9 Å². The van der Waals surface area contributed by atoms with E-state index in [1.165, 1.54) is 89.9 Å². The second kappa shape index (κ2) is 49.9. The van der Waals surface area contributed by atoms with E-state index in [0.717, 1.165) is 89.9 Å². The van der Waals surface area contributed by atoms with Crippen molar-refractivity contribution < 1.29 is 42.9 Å². The molecule has 0 aliphatic carbocycles. The minimum atomic E-state index is -1.51. The van der Waals surface area contributed by atoms with Gasteiger partial charge in [-0.25, -0.2) is 4.79 Å². The number of carboxylic acids is 1.